The highest BCUT2D eigenvalue weighted by atomic mass is 35.5. The molecule has 0 fully saturated rings. The Hall–Kier alpha value is -2.24. The maximum absolute atomic E-state index is 14.6. The fraction of sp³-hybridized carbons (Fsp3) is 0.222. The fourth-order valence-electron chi connectivity index (χ4n) is 3.25. The van der Waals surface area contributed by atoms with Crippen LogP contribution in [0.2, 0.25) is 5.02 Å². The van der Waals surface area contributed by atoms with E-state index in [2.05, 4.69) is 10.1 Å². The van der Waals surface area contributed by atoms with E-state index in [4.69, 9.17) is 21.9 Å². The number of hydrogen-bond acceptors (Lipinski definition) is 4. The van der Waals surface area contributed by atoms with Crippen LogP contribution in [0.5, 0.6) is 0 Å². The van der Waals surface area contributed by atoms with Crippen molar-refractivity contribution in [2.24, 2.45) is 5.73 Å². The Bertz CT molecular complexity index is 938. The van der Waals surface area contributed by atoms with Crippen molar-refractivity contribution in [1.29, 1.82) is 0 Å². The van der Waals surface area contributed by atoms with E-state index in [0.29, 0.717) is 22.0 Å². The van der Waals surface area contributed by atoms with Crippen molar-refractivity contribution < 1.29 is 8.91 Å². The molecule has 3 aromatic rings. The van der Waals surface area contributed by atoms with E-state index in [-0.39, 0.29) is 11.9 Å². The highest BCUT2D eigenvalue weighted by Gasteiger charge is 2.22. The first-order chi connectivity index (χ1) is 11.5. The van der Waals surface area contributed by atoms with E-state index < -0.39 is 5.82 Å². The molecule has 122 valence electrons. The van der Waals surface area contributed by atoms with Gasteiger partial charge in [-0.05, 0) is 47.2 Å². The zero-order chi connectivity index (χ0) is 16.8. The number of aryl methyl sites for hydroxylation is 2. The molecule has 4 nitrogen and oxygen atoms in total. The van der Waals surface area contributed by atoms with Gasteiger partial charge in [0, 0.05) is 18.0 Å². The van der Waals surface area contributed by atoms with Crippen LogP contribution in [-0.4, -0.2) is 10.1 Å². The topological polar surface area (TPSA) is 64.9 Å². The molecule has 1 aliphatic carbocycles. The number of benzene rings is 2. The van der Waals surface area contributed by atoms with Crippen LogP contribution in [0.1, 0.15) is 29.5 Å². The second-order valence-corrected chi connectivity index (χ2v) is 6.44. The van der Waals surface area contributed by atoms with Crippen molar-refractivity contribution in [3.05, 3.63) is 58.2 Å². The van der Waals surface area contributed by atoms with Gasteiger partial charge in [0.15, 0.2) is 0 Å². The highest BCUT2D eigenvalue weighted by Crippen LogP contribution is 2.38. The van der Waals surface area contributed by atoms with Crippen LogP contribution in [0.15, 0.2) is 34.9 Å². The summed E-state index contributed by atoms with van der Waals surface area (Å²) in [6.07, 6.45) is 1.85. The molecule has 4 rings (SSSR count). The van der Waals surface area contributed by atoms with E-state index in [0.717, 1.165) is 24.0 Å². The Kier molecular flexibility index (Phi) is 3.62. The van der Waals surface area contributed by atoms with Gasteiger partial charge in [-0.2, -0.15) is 4.98 Å². The summed E-state index contributed by atoms with van der Waals surface area (Å²) in [5.41, 5.74) is 10.2. The fourth-order valence-corrected chi connectivity index (χ4v) is 3.45. The van der Waals surface area contributed by atoms with Gasteiger partial charge in [-0.3, -0.25) is 0 Å². The molecule has 2 aromatic carbocycles. The van der Waals surface area contributed by atoms with Crippen LogP contribution in [0.25, 0.3) is 22.5 Å². The minimum absolute atomic E-state index is 0.0736. The molecule has 0 saturated carbocycles. The van der Waals surface area contributed by atoms with Crippen molar-refractivity contribution in [2.45, 2.75) is 25.8 Å². The van der Waals surface area contributed by atoms with Gasteiger partial charge in [-0.15, -0.1) is 0 Å². The quantitative estimate of drug-likeness (QED) is 0.746. The molecule has 1 aliphatic rings. The SMILES string of the molecule is Cc1nc(-c2c(F)cc(Cl)cc2-c2ccc3c(c2)CC[C@@H]3N)no1. The molecule has 1 heterocycles. The summed E-state index contributed by atoms with van der Waals surface area (Å²) < 4.78 is 19.6. The van der Waals surface area contributed by atoms with E-state index in [1.54, 1.807) is 13.0 Å². The molecule has 0 radical (unpaired) electrons. The van der Waals surface area contributed by atoms with Crippen molar-refractivity contribution >= 4 is 11.6 Å². The number of aromatic nitrogens is 2. The number of nitrogens with zero attached hydrogens (tertiary/aromatic N) is 2. The lowest BCUT2D eigenvalue weighted by Gasteiger charge is -2.11. The zero-order valence-corrected chi connectivity index (χ0v) is 13.8. The van der Waals surface area contributed by atoms with Crippen LogP contribution in [0.3, 0.4) is 0 Å². The standard InChI is InChI=1S/C18H15ClFN3O/c1-9-22-18(23-24-9)17-14(7-12(19)8-15(17)20)11-2-4-13-10(6-11)3-5-16(13)21/h2,4,6-8,16H,3,5,21H2,1H3/t16-/m0/s1. The Morgan fingerprint density at radius 1 is 1.29 bits per heavy atom. The number of rotatable bonds is 2. The third kappa shape index (κ3) is 2.50. The first-order valence-electron chi connectivity index (χ1n) is 7.71. The maximum atomic E-state index is 14.6. The number of nitrogens with two attached hydrogens (primary N) is 1. The monoisotopic (exact) mass is 343 g/mol. The lowest BCUT2D eigenvalue weighted by molar-refractivity contribution is 0.394. The smallest absolute Gasteiger partial charge is 0.223 e. The van der Waals surface area contributed by atoms with Gasteiger partial charge >= 0.3 is 0 Å². The normalized spacial score (nSPS) is 16.4. The summed E-state index contributed by atoms with van der Waals surface area (Å²) >= 11 is 6.08. The predicted molar refractivity (Wildman–Crippen MR) is 90.1 cm³/mol. The molecular weight excluding hydrogens is 329 g/mol. The second-order valence-electron chi connectivity index (χ2n) is 6.01. The van der Waals surface area contributed by atoms with Gasteiger partial charge in [0.2, 0.25) is 11.7 Å². The van der Waals surface area contributed by atoms with Gasteiger partial charge in [-0.25, -0.2) is 4.39 Å². The van der Waals surface area contributed by atoms with Crippen LogP contribution in [-0.2, 0) is 6.42 Å². The van der Waals surface area contributed by atoms with E-state index in [1.165, 1.54) is 11.6 Å². The molecule has 0 saturated heterocycles. The van der Waals surface area contributed by atoms with E-state index >= 15 is 0 Å². The molecule has 1 atom stereocenters. The van der Waals surface area contributed by atoms with Gasteiger partial charge in [-0.1, -0.05) is 35.0 Å². The molecule has 6 heteroatoms. The third-order valence-corrected chi connectivity index (χ3v) is 4.60. The average Bonchev–Trinajstić information content (AvgIpc) is 3.13. The molecular formula is C18H15ClFN3O. The van der Waals surface area contributed by atoms with E-state index in [9.17, 15) is 4.39 Å². The van der Waals surface area contributed by atoms with Gasteiger partial charge in [0.1, 0.15) is 5.82 Å². The third-order valence-electron chi connectivity index (χ3n) is 4.38. The van der Waals surface area contributed by atoms with Gasteiger partial charge in [0.05, 0.1) is 5.56 Å². The minimum atomic E-state index is -0.476. The van der Waals surface area contributed by atoms with E-state index in [1.807, 2.05) is 18.2 Å². The van der Waals surface area contributed by atoms with Crippen LogP contribution >= 0.6 is 11.6 Å². The van der Waals surface area contributed by atoms with Crippen molar-refractivity contribution in [3.8, 4) is 22.5 Å². The zero-order valence-electron chi connectivity index (χ0n) is 13.0. The summed E-state index contributed by atoms with van der Waals surface area (Å²) in [5, 5.41) is 4.18. The average molecular weight is 344 g/mol. The predicted octanol–water partition coefficient (Wildman–Crippen LogP) is 4.45. The summed E-state index contributed by atoms with van der Waals surface area (Å²) in [7, 11) is 0. The summed E-state index contributed by atoms with van der Waals surface area (Å²) in [6.45, 7) is 1.67. The lowest BCUT2D eigenvalue weighted by atomic mass is 9.95. The van der Waals surface area contributed by atoms with Gasteiger partial charge in [0.25, 0.3) is 0 Å². The number of halogens is 2. The summed E-state index contributed by atoms with van der Waals surface area (Å²) in [4.78, 5) is 4.16. The van der Waals surface area contributed by atoms with Crippen LogP contribution in [0, 0.1) is 12.7 Å². The lowest BCUT2D eigenvalue weighted by Crippen LogP contribution is -2.04. The largest absolute Gasteiger partial charge is 0.339 e. The highest BCUT2D eigenvalue weighted by molar-refractivity contribution is 6.31. The molecule has 2 N–H and O–H groups in total. The van der Waals surface area contributed by atoms with Crippen LogP contribution in [0.4, 0.5) is 4.39 Å². The summed E-state index contributed by atoms with van der Waals surface area (Å²) in [6, 6.07) is 9.05. The van der Waals surface area contributed by atoms with Crippen molar-refractivity contribution in [3.63, 3.8) is 0 Å². The van der Waals surface area contributed by atoms with Crippen LogP contribution < -0.4 is 5.73 Å². The number of hydrogen-bond donors (Lipinski definition) is 1. The second kappa shape index (κ2) is 5.69. The Labute approximate surface area is 143 Å². The Balaban J connectivity index is 1.92. The first-order valence-corrected chi connectivity index (χ1v) is 8.09. The number of fused-ring (bicyclic) bond motifs is 1. The first kappa shape index (κ1) is 15.3. The molecule has 0 spiro atoms. The molecule has 1 aromatic heterocycles. The summed E-state index contributed by atoms with van der Waals surface area (Å²) in [5.74, 6) is 0.120. The maximum Gasteiger partial charge on any atom is 0.223 e. The molecule has 0 aliphatic heterocycles. The Morgan fingerprint density at radius 2 is 2.12 bits per heavy atom. The van der Waals surface area contributed by atoms with Gasteiger partial charge < -0.3 is 10.3 Å². The Morgan fingerprint density at radius 3 is 2.88 bits per heavy atom. The molecule has 24 heavy (non-hydrogen) atoms. The molecule has 0 bridgehead atoms. The minimum Gasteiger partial charge on any atom is -0.339 e. The molecule has 0 unspecified atom stereocenters. The van der Waals surface area contributed by atoms with Crippen molar-refractivity contribution in [2.75, 3.05) is 0 Å². The molecule has 0 amide bonds. The van der Waals surface area contributed by atoms with Crippen molar-refractivity contribution in [1.82, 2.24) is 10.1 Å².